The lowest BCUT2D eigenvalue weighted by Gasteiger charge is -2.06. The molecule has 0 N–H and O–H groups in total. The fourth-order valence-electron chi connectivity index (χ4n) is 2.19. The van der Waals surface area contributed by atoms with Gasteiger partial charge in [-0.15, -0.1) is 0 Å². The Morgan fingerprint density at radius 1 is 0.850 bits per heavy atom. The number of aromatic nitrogens is 1. The van der Waals surface area contributed by atoms with Crippen molar-refractivity contribution in [3.63, 3.8) is 0 Å². The molecule has 1 aromatic heterocycles. The normalized spacial score (nSPS) is 13.3. The van der Waals surface area contributed by atoms with Crippen LogP contribution in [0.25, 0.3) is 22.4 Å². The second kappa shape index (κ2) is 5.70. The van der Waals surface area contributed by atoms with E-state index in [9.17, 15) is 0 Å². The largest absolute Gasteiger partial charge is 0.256 e. The van der Waals surface area contributed by atoms with Gasteiger partial charge in [0, 0.05) is 15.9 Å². The van der Waals surface area contributed by atoms with Gasteiger partial charge in [0.05, 0.1) is 5.69 Å². The summed E-state index contributed by atoms with van der Waals surface area (Å²) in [7, 11) is 0. The summed E-state index contributed by atoms with van der Waals surface area (Å²) in [6.07, 6.45) is 1.90. The highest BCUT2D eigenvalue weighted by atomic mass is 14.7. The smallest absolute Gasteiger partial charge is 0.0708 e. The Kier molecular flexibility index (Phi) is 2.71. The van der Waals surface area contributed by atoms with Crippen molar-refractivity contribution in [3.8, 4) is 22.4 Å². The molecule has 0 radical (unpaired) electrons. The first-order valence-corrected chi connectivity index (χ1v) is 6.62. The molecule has 1 heteroatoms. The minimum atomic E-state index is -1.93. The third kappa shape index (κ3) is 2.62. The molecule has 0 spiro atoms. The third-order valence-electron chi connectivity index (χ3n) is 3.32. The molecule has 0 amide bonds. The first-order chi connectivity index (χ1) is 11.0. The molecule has 20 heavy (non-hydrogen) atoms. The molecule has 0 saturated carbocycles. The fourth-order valence-corrected chi connectivity index (χ4v) is 2.19. The highest BCUT2D eigenvalue weighted by Crippen LogP contribution is 2.24. The van der Waals surface area contributed by atoms with Crippen molar-refractivity contribution in [1.82, 2.24) is 4.98 Å². The van der Waals surface area contributed by atoms with E-state index in [0.717, 1.165) is 27.9 Å². The van der Waals surface area contributed by atoms with E-state index in [2.05, 4.69) is 4.98 Å². The summed E-state index contributed by atoms with van der Waals surface area (Å²) in [4.78, 5) is 4.43. The molecule has 98 valence electrons. The SMILES string of the molecule is [2H]C([2H])([2H])Cc1ccc(-c2ccnc(-c3ccccc3)c2)cc1. The Morgan fingerprint density at radius 3 is 2.40 bits per heavy atom. The van der Waals surface area contributed by atoms with Crippen LogP contribution in [0.3, 0.4) is 0 Å². The maximum Gasteiger partial charge on any atom is 0.0708 e. The standard InChI is InChI=1S/C19H17N/c1-2-15-8-10-16(11-9-15)18-12-13-20-19(14-18)17-6-4-3-5-7-17/h3-14H,2H2,1H3/i1D3. The minimum absolute atomic E-state index is 0.0961. The molecule has 2 aromatic carbocycles. The van der Waals surface area contributed by atoms with Gasteiger partial charge in [-0.05, 0) is 35.2 Å². The van der Waals surface area contributed by atoms with Crippen LogP contribution >= 0.6 is 0 Å². The number of pyridine rings is 1. The van der Waals surface area contributed by atoms with Crippen LogP contribution in [0.1, 0.15) is 16.5 Å². The van der Waals surface area contributed by atoms with Gasteiger partial charge < -0.3 is 0 Å². The van der Waals surface area contributed by atoms with Crippen LogP contribution in [0.2, 0.25) is 0 Å². The van der Waals surface area contributed by atoms with Gasteiger partial charge in [-0.2, -0.15) is 0 Å². The second-order valence-corrected chi connectivity index (χ2v) is 4.67. The van der Waals surface area contributed by atoms with Gasteiger partial charge in [0.15, 0.2) is 0 Å². The van der Waals surface area contributed by atoms with Crippen molar-refractivity contribution >= 4 is 0 Å². The average molecular weight is 262 g/mol. The van der Waals surface area contributed by atoms with Gasteiger partial charge in [-0.25, -0.2) is 0 Å². The van der Waals surface area contributed by atoms with Crippen LogP contribution in [-0.2, 0) is 6.42 Å². The lowest BCUT2D eigenvalue weighted by molar-refractivity contribution is 1.14. The van der Waals surface area contributed by atoms with E-state index in [1.165, 1.54) is 0 Å². The zero-order chi connectivity index (χ0) is 16.3. The van der Waals surface area contributed by atoms with Crippen LogP contribution in [0.5, 0.6) is 0 Å². The first kappa shape index (κ1) is 9.49. The Balaban J connectivity index is 1.88. The highest BCUT2D eigenvalue weighted by Gasteiger charge is 2.02. The summed E-state index contributed by atoms with van der Waals surface area (Å²) < 4.78 is 22.0. The number of hydrogen-bond donors (Lipinski definition) is 0. The van der Waals surface area contributed by atoms with Crippen molar-refractivity contribution in [2.75, 3.05) is 0 Å². The van der Waals surface area contributed by atoms with Crippen molar-refractivity contribution in [1.29, 1.82) is 0 Å². The molecule has 0 aliphatic carbocycles. The van der Waals surface area contributed by atoms with Crippen molar-refractivity contribution in [2.24, 2.45) is 0 Å². The van der Waals surface area contributed by atoms with Crippen molar-refractivity contribution in [2.45, 2.75) is 13.3 Å². The van der Waals surface area contributed by atoms with Crippen LogP contribution < -0.4 is 0 Å². The van der Waals surface area contributed by atoms with Gasteiger partial charge in [0.1, 0.15) is 0 Å². The van der Waals surface area contributed by atoms with Crippen LogP contribution in [-0.4, -0.2) is 4.98 Å². The van der Waals surface area contributed by atoms with E-state index in [0.29, 0.717) is 0 Å². The molecule has 3 aromatic rings. The Labute approximate surface area is 124 Å². The van der Waals surface area contributed by atoms with E-state index in [1.807, 2.05) is 66.7 Å². The van der Waals surface area contributed by atoms with Gasteiger partial charge in [-0.3, -0.25) is 4.98 Å². The number of benzene rings is 2. The monoisotopic (exact) mass is 262 g/mol. The van der Waals surface area contributed by atoms with Gasteiger partial charge in [0.25, 0.3) is 0 Å². The molecule has 1 nitrogen and oxygen atoms in total. The molecule has 0 aliphatic heterocycles. The van der Waals surface area contributed by atoms with Gasteiger partial charge >= 0.3 is 0 Å². The number of hydrogen-bond acceptors (Lipinski definition) is 1. The van der Waals surface area contributed by atoms with E-state index < -0.39 is 6.85 Å². The molecule has 0 aliphatic rings. The van der Waals surface area contributed by atoms with Gasteiger partial charge in [0.2, 0.25) is 0 Å². The van der Waals surface area contributed by atoms with Crippen LogP contribution in [0.4, 0.5) is 0 Å². The zero-order valence-corrected chi connectivity index (χ0v) is 11.1. The zero-order valence-electron chi connectivity index (χ0n) is 14.1. The number of rotatable bonds is 3. The summed E-state index contributed by atoms with van der Waals surface area (Å²) in [5.74, 6) is 0. The molecular weight excluding hydrogens is 242 g/mol. The van der Waals surface area contributed by atoms with E-state index in [-0.39, 0.29) is 6.42 Å². The van der Waals surface area contributed by atoms with E-state index in [4.69, 9.17) is 4.11 Å². The number of nitrogens with zero attached hydrogens (tertiary/aromatic N) is 1. The van der Waals surface area contributed by atoms with Crippen LogP contribution in [0.15, 0.2) is 72.9 Å². The summed E-state index contributed by atoms with van der Waals surface area (Å²) in [5, 5.41) is 0. The summed E-state index contributed by atoms with van der Waals surface area (Å²) in [5.41, 5.74) is 4.95. The first-order valence-electron chi connectivity index (χ1n) is 8.12. The molecule has 3 rings (SSSR count). The molecule has 0 saturated heterocycles. The minimum Gasteiger partial charge on any atom is -0.256 e. The molecular formula is C19H17N. The summed E-state index contributed by atoms with van der Waals surface area (Å²) >= 11 is 0. The fraction of sp³-hybridized carbons (Fsp3) is 0.105. The molecule has 0 atom stereocenters. The Morgan fingerprint density at radius 2 is 1.65 bits per heavy atom. The maximum absolute atomic E-state index is 7.34. The Bertz CT molecular complexity index is 778. The summed E-state index contributed by atoms with van der Waals surface area (Å²) in [6.45, 7) is -1.93. The van der Waals surface area contributed by atoms with Crippen molar-refractivity contribution in [3.05, 3.63) is 78.5 Å². The Hall–Kier alpha value is -2.41. The lowest BCUT2D eigenvalue weighted by Crippen LogP contribution is -1.86. The summed E-state index contributed by atoms with van der Waals surface area (Å²) in [6, 6.07) is 21.7. The predicted octanol–water partition coefficient (Wildman–Crippen LogP) is 4.98. The van der Waals surface area contributed by atoms with E-state index >= 15 is 0 Å². The lowest BCUT2D eigenvalue weighted by atomic mass is 10.0. The highest BCUT2D eigenvalue weighted by molar-refractivity contribution is 5.70. The number of aryl methyl sites for hydroxylation is 1. The topological polar surface area (TPSA) is 12.9 Å². The molecule has 0 unspecified atom stereocenters. The van der Waals surface area contributed by atoms with E-state index in [1.54, 1.807) is 6.20 Å². The molecule has 0 fully saturated rings. The van der Waals surface area contributed by atoms with Gasteiger partial charge in [-0.1, -0.05) is 61.4 Å². The molecule has 1 heterocycles. The maximum atomic E-state index is 7.34. The predicted molar refractivity (Wildman–Crippen MR) is 84.5 cm³/mol. The quantitative estimate of drug-likeness (QED) is 0.649. The molecule has 0 bridgehead atoms. The average Bonchev–Trinajstić information content (AvgIpc) is 2.55. The third-order valence-corrected chi connectivity index (χ3v) is 3.32. The van der Waals surface area contributed by atoms with Crippen LogP contribution in [0, 0.1) is 0 Å². The second-order valence-electron chi connectivity index (χ2n) is 4.67. The van der Waals surface area contributed by atoms with Crippen molar-refractivity contribution < 1.29 is 4.11 Å².